The van der Waals surface area contributed by atoms with Crippen LogP contribution in [-0.4, -0.2) is 0 Å². The van der Waals surface area contributed by atoms with Crippen LogP contribution < -0.4 is 5.73 Å². The zero-order valence-electron chi connectivity index (χ0n) is 14.0. The van der Waals surface area contributed by atoms with Gasteiger partial charge in [0, 0.05) is 5.69 Å². The Morgan fingerprint density at radius 3 is 2.26 bits per heavy atom. The fourth-order valence-electron chi connectivity index (χ4n) is 2.46. The van der Waals surface area contributed by atoms with Gasteiger partial charge in [-0.25, -0.2) is 0 Å². The lowest BCUT2D eigenvalue weighted by atomic mass is 9.69. The van der Waals surface area contributed by atoms with Gasteiger partial charge >= 0.3 is 0 Å². The third kappa shape index (κ3) is 4.89. The quantitative estimate of drug-likeness (QED) is 0.581. The van der Waals surface area contributed by atoms with Crippen molar-refractivity contribution in [2.24, 2.45) is 0 Å². The second kappa shape index (κ2) is 8.24. The molecule has 0 amide bonds. The smallest absolute Gasteiger partial charge is 0.0317 e. The van der Waals surface area contributed by atoms with E-state index in [1.165, 1.54) is 30.4 Å². The molecule has 0 aromatic heterocycles. The summed E-state index contributed by atoms with van der Waals surface area (Å²) in [5.74, 6) is 0.693. The van der Waals surface area contributed by atoms with Crippen LogP contribution in [0.5, 0.6) is 0 Å². The number of nitrogens with two attached hydrogens (primary N) is 1. The molecular formula is C18H33N. The highest BCUT2D eigenvalue weighted by Crippen LogP contribution is 2.42. The topological polar surface area (TPSA) is 26.0 Å². The van der Waals surface area contributed by atoms with Crippen molar-refractivity contribution in [2.45, 2.75) is 79.1 Å². The summed E-state index contributed by atoms with van der Waals surface area (Å²) in [5.41, 5.74) is 10.00. The molecule has 19 heavy (non-hydrogen) atoms. The Morgan fingerprint density at radius 2 is 1.74 bits per heavy atom. The predicted octanol–water partition coefficient (Wildman–Crippen LogP) is 5.89. The van der Waals surface area contributed by atoms with E-state index in [0.717, 1.165) is 5.69 Å². The van der Waals surface area contributed by atoms with Crippen LogP contribution >= 0.6 is 0 Å². The summed E-state index contributed by atoms with van der Waals surface area (Å²) in [5, 5.41) is 0. The Labute approximate surface area is 120 Å². The van der Waals surface area contributed by atoms with Gasteiger partial charge < -0.3 is 5.73 Å². The number of benzene rings is 1. The molecule has 0 aliphatic heterocycles. The van der Waals surface area contributed by atoms with Gasteiger partial charge in [-0.15, -0.1) is 0 Å². The van der Waals surface area contributed by atoms with Crippen molar-refractivity contribution in [1.29, 1.82) is 0 Å². The van der Waals surface area contributed by atoms with E-state index in [4.69, 9.17) is 5.73 Å². The normalized spacial score (nSPS) is 19.2. The number of rotatable bonds is 0. The van der Waals surface area contributed by atoms with Crippen molar-refractivity contribution in [2.75, 3.05) is 5.73 Å². The van der Waals surface area contributed by atoms with E-state index in [0.29, 0.717) is 11.3 Å². The van der Waals surface area contributed by atoms with E-state index in [-0.39, 0.29) is 0 Å². The van der Waals surface area contributed by atoms with Gasteiger partial charge in [0.1, 0.15) is 0 Å². The van der Waals surface area contributed by atoms with Crippen LogP contribution in [0.4, 0.5) is 5.69 Å². The maximum Gasteiger partial charge on any atom is 0.0317 e. The van der Waals surface area contributed by atoms with Crippen LogP contribution in [0, 0.1) is 0 Å². The monoisotopic (exact) mass is 263 g/mol. The minimum Gasteiger partial charge on any atom is -0.399 e. The van der Waals surface area contributed by atoms with Gasteiger partial charge in [-0.05, 0) is 47.4 Å². The molecule has 0 radical (unpaired) electrons. The first-order valence-electron chi connectivity index (χ1n) is 7.82. The van der Waals surface area contributed by atoms with Crippen LogP contribution in [-0.2, 0) is 5.41 Å². The van der Waals surface area contributed by atoms with E-state index in [1.807, 2.05) is 19.9 Å². The molecule has 0 saturated heterocycles. The molecule has 0 bridgehead atoms. The Balaban J connectivity index is 0.000000573. The van der Waals surface area contributed by atoms with Crippen molar-refractivity contribution in [3.05, 3.63) is 29.3 Å². The summed E-state index contributed by atoms with van der Waals surface area (Å²) in [6.45, 7) is 15.2. The second-order valence-corrected chi connectivity index (χ2v) is 5.88. The summed E-state index contributed by atoms with van der Waals surface area (Å²) in [7, 11) is 0. The first-order chi connectivity index (χ1) is 8.92. The zero-order chi connectivity index (χ0) is 15.1. The summed E-state index contributed by atoms with van der Waals surface area (Å²) >= 11 is 0. The van der Waals surface area contributed by atoms with E-state index in [1.54, 1.807) is 0 Å². The van der Waals surface area contributed by atoms with Gasteiger partial charge in [0.2, 0.25) is 0 Å². The molecule has 2 N–H and O–H groups in total. The highest BCUT2D eigenvalue weighted by molar-refractivity contribution is 5.49. The van der Waals surface area contributed by atoms with Gasteiger partial charge in [0.25, 0.3) is 0 Å². The van der Waals surface area contributed by atoms with Crippen LogP contribution in [0.1, 0.15) is 84.8 Å². The maximum atomic E-state index is 5.85. The molecule has 1 atom stereocenters. The molecule has 1 aliphatic rings. The molecule has 0 saturated carbocycles. The average molecular weight is 263 g/mol. The summed E-state index contributed by atoms with van der Waals surface area (Å²) < 4.78 is 0. The predicted molar refractivity (Wildman–Crippen MR) is 88.8 cm³/mol. The van der Waals surface area contributed by atoms with Crippen molar-refractivity contribution >= 4 is 5.69 Å². The van der Waals surface area contributed by atoms with Crippen LogP contribution in [0.25, 0.3) is 0 Å². The Hall–Kier alpha value is -0.980. The molecule has 0 fully saturated rings. The first kappa shape index (κ1) is 18.0. The van der Waals surface area contributed by atoms with E-state index >= 15 is 0 Å². The van der Waals surface area contributed by atoms with Crippen LogP contribution in [0.2, 0.25) is 0 Å². The minimum absolute atomic E-state index is 0.303. The molecule has 0 heterocycles. The molecule has 1 unspecified atom stereocenters. The fourth-order valence-corrected chi connectivity index (χ4v) is 2.46. The van der Waals surface area contributed by atoms with Crippen molar-refractivity contribution in [3.63, 3.8) is 0 Å². The second-order valence-electron chi connectivity index (χ2n) is 5.88. The van der Waals surface area contributed by atoms with Gasteiger partial charge in [0.15, 0.2) is 0 Å². The number of nitrogen functional groups attached to an aromatic ring is 1. The van der Waals surface area contributed by atoms with Crippen molar-refractivity contribution < 1.29 is 0 Å². The van der Waals surface area contributed by atoms with Gasteiger partial charge in [-0.3, -0.25) is 0 Å². The maximum absolute atomic E-state index is 5.85. The highest BCUT2D eigenvalue weighted by atomic mass is 14.5. The molecule has 0 spiro atoms. The first-order valence-corrected chi connectivity index (χ1v) is 7.82. The third-order valence-corrected chi connectivity index (χ3v) is 3.54. The van der Waals surface area contributed by atoms with E-state index in [2.05, 4.69) is 46.8 Å². The molecular weight excluding hydrogens is 230 g/mol. The Morgan fingerprint density at radius 1 is 1.21 bits per heavy atom. The lowest BCUT2D eigenvalue weighted by Gasteiger charge is -2.36. The fraction of sp³-hybridized carbons (Fsp3) is 0.667. The van der Waals surface area contributed by atoms with Crippen molar-refractivity contribution in [3.8, 4) is 0 Å². The number of anilines is 1. The van der Waals surface area contributed by atoms with E-state index in [9.17, 15) is 0 Å². The molecule has 1 aromatic rings. The largest absolute Gasteiger partial charge is 0.399 e. The van der Waals surface area contributed by atoms with Gasteiger partial charge in [0.05, 0.1) is 0 Å². The molecule has 1 heteroatoms. The molecule has 2 rings (SSSR count). The summed E-state index contributed by atoms with van der Waals surface area (Å²) in [4.78, 5) is 0. The summed E-state index contributed by atoms with van der Waals surface area (Å²) in [6.07, 6.45) is 3.81. The number of hydrogen-bond donors (Lipinski definition) is 1. The highest BCUT2D eigenvalue weighted by Gasteiger charge is 2.30. The zero-order valence-corrected chi connectivity index (χ0v) is 14.0. The van der Waals surface area contributed by atoms with E-state index < -0.39 is 0 Å². The standard InChI is InChI=1S/C13H19N.C3H8.C2H6/c1-9-6-7-13(2,3)12-8-10(14)4-5-11(9)12;1-3-2;1-2/h4-5,8-9H,6-7,14H2,1-3H3;3H2,1-2H3;1-2H3. The minimum atomic E-state index is 0.303. The lowest BCUT2D eigenvalue weighted by molar-refractivity contribution is 0.402. The molecule has 1 aromatic carbocycles. The number of hydrogen-bond acceptors (Lipinski definition) is 1. The van der Waals surface area contributed by atoms with Crippen molar-refractivity contribution in [1.82, 2.24) is 0 Å². The van der Waals surface area contributed by atoms with Gasteiger partial charge in [-0.2, -0.15) is 0 Å². The van der Waals surface area contributed by atoms with Crippen LogP contribution in [0.15, 0.2) is 18.2 Å². The number of fused-ring (bicyclic) bond motifs is 1. The average Bonchev–Trinajstić information content (AvgIpc) is 2.38. The van der Waals surface area contributed by atoms with Gasteiger partial charge in [-0.1, -0.05) is 61.0 Å². The van der Waals surface area contributed by atoms with Crippen LogP contribution in [0.3, 0.4) is 0 Å². The Bertz CT molecular complexity index is 366. The lowest BCUT2D eigenvalue weighted by Crippen LogP contribution is -2.25. The molecule has 1 nitrogen and oxygen atoms in total. The Kier molecular flexibility index (Phi) is 7.82. The molecule has 110 valence electrons. The third-order valence-electron chi connectivity index (χ3n) is 3.54. The SMILES string of the molecule is CC.CC1CCC(C)(C)c2cc(N)ccc21.CCC. The molecule has 1 aliphatic carbocycles. The summed E-state index contributed by atoms with van der Waals surface area (Å²) in [6, 6.07) is 6.39.